The highest BCUT2D eigenvalue weighted by molar-refractivity contribution is 4.97. The van der Waals surface area contributed by atoms with E-state index in [4.69, 9.17) is 4.74 Å². The van der Waals surface area contributed by atoms with E-state index in [0.717, 1.165) is 51.4 Å². The molecule has 0 aromatic carbocycles. The third kappa shape index (κ3) is 5.41. The second-order valence-electron chi connectivity index (χ2n) is 6.14. The standard InChI is InChI=1S/C16H30N4O/c1-4-6-17-7-5-15-10-19(13-18-15)11-16-12-20(14(2)3)8-9-21-16/h10,13-14,16-17H,4-9,11-12H2,1-3H3. The summed E-state index contributed by atoms with van der Waals surface area (Å²) < 4.78 is 8.05. The fourth-order valence-electron chi connectivity index (χ4n) is 2.71. The summed E-state index contributed by atoms with van der Waals surface area (Å²) in [5.74, 6) is 0. The molecule has 1 unspecified atom stereocenters. The Morgan fingerprint density at radius 2 is 2.29 bits per heavy atom. The first-order valence-electron chi connectivity index (χ1n) is 8.26. The van der Waals surface area contributed by atoms with E-state index < -0.39 is 0 Å². The summed E-state index contributed by atoms with van der Waals surface area (Å²) in [5.41, 5.74) is 1.16. The van der Waals surface area contributed by atoms with Crippen LogP contribution in [0.3, 0.4) is 0 Å². The summed E-state index contributed by atoms with van der Waals surface area (Å²) in [6.07, 6.45) is 6.55. The third-order valence-electron chi connectivity index (χ3n) is 3.99. The van der Waals surface area contributed by atoms with Gasteiger partial charge in [0.1, 0.15) is 0 Å². The average Bonchev–Trinajstić information content (AvgIpc) is 2.91. The van der Waals surface area contributed by atoms with Crippen LogP contribution in [0.2, 0.25) is 0 Å². The lowest BCUT2D eigenvalue weighted by Crippen LogP contribution is -2.47. The Bertz CT molecular complexity index is 405. The normalized spacial score (nSPS) is 20.3. The summed E-state index contributed by atoms with van der Waals surface area (Å²) in [6, 6.07) is 0.597. The van der Waals surface area contributed by atoms with Crippen molar-refractivity contribution in [3.05, 3.63) is 18.2 Å². The zero-order valence-corrected chi connectivity index (χ0v) is 13.7. The van der Waals surface area contributed by atoms with Crippen LogP contribution in [0.15, 0.2) is 12.5 Å². The molecule has 1 aromatic heterocycles. The molecule has 0 saturated carbocycles. The van der Waals surface area contributed by atoms with E-state index in [2.05, 4.69) is 46.7 Å². The predicted octanol–water partition coefficient (Wildman–Crippen LogP) is 1.53. The minimum atomic E-state index is 0.279. The molecule has 21 heavy (non-hydrogen) atoms. The lowest BCUT2D eigenvalue weighted by atomic mass is 10.2. The maximum atomic E-state index is 5.88. The molecule has 120 valence electrons. The van der Waals surface area contributed by atoms with Crippen LogP contribution in [0.4, 0.5) is 0 Å². The van der Waals surface area contributed by atoms with Crippen molar-refractivity contribution in [1.29, 1.82) is 0 Å². The van der Waals surface area contributed by atoms with E-state index in [1.54, 1.807) is 0 Å². The summed E-state index contributed by atoms with van der Waals surface area (Å²) in [5, 5.41) is 3.41. The van der Waals surface area contributed by atoms with Gasteiger partial charge in [-0.25, -0.2) is 4.98 Å². The molecule has 1 aromatic rings. The van der Waals surface area contributed by atoms with Crippen molar-refractivity contribution in [3.8, 4) is 0 Å². The number of nitrogens with zero attached hydrogens (tertiary/aromatic N) is 3. The number of aromatic nitrogens is 2. The summed E-state index contributed by atoms with van der Waals surface area (Å²) in [7, 11) is 0. The van der Waals surface area contributed by atoms with Gasteiger partial charge in [0, 0.05) is 38.3 Å². The lowest BCUT2D eigenvalue weighted by molar-refractivity contribution is -0.0456. The Kier molecular flexibility index (Phi) is 6.67. The van der Waals surface area contributed by atoms with Gasteiger partial charge in [0.05, 0.1) is 31.3 Å². The zero-order chi connectivity index (χ0) is 15.1. The van der Waals surface area contributed by atoms with Crippen molar-refractivity contribution in [1.82, 2.24) is 19.8 Å². The van der Waals surface area contributed by atoms with Crippen LogP contribution >= 0.6 is 0 Å². The Labute approximate surface area is 128 Å². The molecule has 0 aliphatic carbocycles. The minimum Gasteiger partial charge on any atom is -0.374 e. The van der Waals surface area contributed by atoms with E-state index in [1.807, 2.05) is 6.33 Å². The molecule has 2 heterocycles. The molecule has 1 saturated heterocycles. The molecule has 0 bridgehead atoms. The van der Waals surface area contributed by atoms with Crippen LogP contribution in [-0.2, 0) is 17.7 Å². The number of rotatable bonds is 8. The smallest absolute Gasteiger partial charge is 0.0950 e. The van der Waals surface area contributed by atoms with Gasteiger partial charge in [-0.1, -0.05) is 6.92 Å². The Morgan fingerprint density at radius 3 is 3.05 bits per heavy atom. The van der Waals surface area contributed by atoms with Crippen LogP contribution in [0.5, 0.6) is 0 Å². The van der Waals surface area contributed by atoms with Gasteiger partial charge < -0.3 is 14.6 Å². The van der Waals surface area contributed by atoms with E-state index in [1.165, 1.54) is 6.42 Å². The van der Waals surface area contributed by atoms with Gasteiger partial charge in [-0.15, -0.1) is 0 Å². The number of ether oxygens (including phenoxy) is 1. The van der Waals surface area contributed by atoms with Gasteiger partial charge in [-0.2, -0.15) is 0 Å². The molecular weight excluding hydrogens is 264 g/mol. The summed E-state index contributed by atoms with van der Waals surface area (Å²) in [6.45, 7) is 12.6. The van der Waals surface area contributed by atoms with E-state index in [-0.39, 0.29) is 6.10 Å². The Hall–Kier alpha value is -0.910. The zero-order valence-electron chi connectivity index (χ0n) is 13.7. The van der Waals surface area contributed by atoms with Crippen molar-refractivity contribution >= 4 is 0 Å². The maximum absolute atomic E-state index is 5.88. The minimum absolute atomic E-state index is 0.279. The Morgan fingerprint density at radius 1 is 1.43 bits per heavy atom. The van der Waals surface area contributed by atoms with Gasteiger partial charge in [0.2, 0.25) is 0 Å². The molecule has 1 aliphatic rings. The fourth-order valence-corrected chi connectivity index (χ4v) is 2.71. The maximum Gasteiger partial charge on any atom is 0.0950 e. The van der Waals surface area contributed by atoms with Crippen LogP contribution in [0.25, 0.3) is 0 Å². The first-order chi connectivity index (χ1) is 10.2. The van der Waals surface area contributed by atoms with Crippen molar-refractivity contribution in [2.24, 2.45) is 0 Å². The van der Waals surface area contributed by atoms with Crippen molar-refractivity contribution < 1.29 is 4.74 Å². The molecule has 0 spiro atoms. The summed E-state index contributed by atoms with van der Waals surface area (Å²) >= 11 is 0. The molecule has 5 nitrogen and oxygen atoms in total. The highest BCUT2D eigenvalue weighted by atomic mass is 16.5. The largest absolute Gasteiger partial charge is 0.374 e. The quantitative estimate of drug-likeness (QED) is 0.739. The highest BCUT2D eigenvalue weighted by Gasteiger charge is 2.22. The molecule has 1 aliphatic heterocycles. The third-order valence-corrected chi connectivity index (χ3v) is 3.99. The molecule has 0 amide bonds. The molecule has 1 N–H and O–H groups in total. The van der Waals surface area contributed by atoms with E-state index in [0.29, 0.717) is 6.04 Å². The first-order valence-corrected chi connectivity index (χ1v) is 8.26. The van der Waals surface area contributed by atoms with Crippen LogP contribution < -0.4 is 5.32 Å². The van der Waals surface area contributed by atoms with Crippen molar-refractivity contribution in [2.45, 2.75) is 52.3 Å². The van der Waals surface area contributed by atoms with E-state index in [9.17, 15) is 0 Å². The predicted molar refractivity (Wildman–Crippen MR) is 85.5 cm³/mol. The average molecular weight is 294 g/mol. The molecular formula is C16H30N4O. The second-order valence-corrected chi connectivity index (χ2v) is 6.14. The fraction of sp³-hybridized carbons (Fsp3) is 0.812. The van der Waals surface area contributed by atoms with Gasteiger partial charge >= 0.3 is 0 Å². The number of morpholine rings is 1. The van der Waals surface area contributed by atoms with E-state index >= 15 is 0 Å². The molecule has 0 radical (unpaired) electrons. The number of imidazole rings is 1. The monoisotopic (exact) mass is 294 g/mol. The van der Waals surface area contributed by atoms with Crippen LogP contribution in [0, 0.1) is 0 Å². The van der Waals surface area contributed by atoms with Crippen LogP contribution in [-0.4, -0.2) is 59.4 Å². The number of hydrogen-bond donors (Lipinski definition) is 1. The molecule has 1 fully saturated rings. The van der Waals surface area contributed by atoms with Crippen molar-refractivity contribution in [2.75, 3.05) is 32.8 Å². The lowest BCUT2D eigenvalue weighted by Gasteiger charge is -2.35. The highest BCUT2D eigenvalue weighted by Crippen LogP contribution is 2.11. The Balaban J connectivity index is 1.76. The van der Waals surface area contributed by atoms with Crippen LogP contribution in [0.1, 0.15) is 32.9 Å². The SMILES string of the molecule is CCCNCCc1cn(CC2CN(C(C)C)CCO2)cn1. The molecule has 5 heteroatoms. The van der Waals surface area contributed by atoms with Gasteiger partial charge in [-0.05, 0) is 26.8 Å². The van der Waals surface area contributed by atoms with Gasteiger partial charge in [0.15, 0.2) is 0 Å². The molecule has 1 atom stereocenters. The summed E-state index contributed by atoms with van der Waals surface area (Å²) in [4.78, 5) is 6.97. The second kappa shape index (κ2) is 8.51. The first kappa shape index (κ1) is 16.5. The number of hydrogen-bond acceptors (Lipinski definition) is 4. The topological polar surface area (TPSA) is 42.3 Å². The number of nitrogens with one attached hydrogen (secondary N) is 1. The van der Waals surface area contributed by atoms with Gasteiger partial charge in [0.25, 0.3) is 0 Å². The van der Waals surface area contributed by atoms with Crippen molar-refractivity contribution in [3.63, 3.8) is 0 Å². The van der Waals surface area contributed by atoms with Gasteiger partial charge in [-0.3, -0.25) is 4.90 Å². The molecule has 2 rings (SSSR count).